The van der Waals surface area contributed by atoms with Crippen molar-refractivity contribution in [3.05, 3.63) is 114 Å². The summed E-state index contributed by atoms with van der Waals surface area (Å²) in [7, 11) is -3.55. The van der Waals surface area contributed by atoms with Gasteiger partial charge in [0.1, 0.15) is 17.2 Å². The number of rotatable bonds is 7. The molecule has 0 aliphatic heterocycles. The van der Waals surface area contributed by atoms with Gasteiger partial charge in [-0.2, -0.15) is 5.90 Å². The molecule has 0 amide bonds. The summed E-state index contributed by atoms with van der Waals surface area (Å²) in [4.78, 5) is 5.25. The molecule has 0 spiro atoms. The van der Waals surface area contributed by atoms with Gasteiger partial charge in [-0.3, -0.25) is 0 Å². The molecular weight excluding hydrogens is 434 g/mol. The van der Waals surface area contributed by atoms with Crippen molar-refractivity contribution in [1.29, 1.82) is 0 Å². The first-order valence-corrected chi connectivity index (χ1v) is 11.9. The Balaban J connectivity index is 1.49. The van der Waals surface area contributed by atoms with Crippen LogP contribution < -0.4 is 15.5 Å². The lowest BCUT2D eigenvalue weighted by Gasteiger charge is -2.26. The van der Waals surface area contributed by atoms with Crippen LogP contribution in [0.15, 0.2) is 113 Å². The van der Waals surface area contributed by atoms with E-state index in [2.05, 4.69) is 13.8 Å². The van der Waals surface area contributed by atoms with Gasteiger partial charge >= 0.3 is 0 Å². The number of sulfone groups is 1. The van der Waals surface area contributed by atoms with Crippen LogP contribution in [0.1, 0.15) is 25.0 Å². The quantitative estimate of drug-likeness (QED) is 0.349. The van der Waals surface area contributed by atoms with E-state index in [-0.39, 0.29) is 15.2 Å². The summed E-state index contributed by atoms with van der Waals surface area (Å²) in [6.45, 7) is 4.29. The van der Waals surface area contributed by atoms with Crippen molar-refractivity contribution in [2.45, 2.75) is 29.1 Å². The van der Waals surface area contributed by atoms with Crippen LogP contribution in [-0.2, 0) is 15.3 Å². The lowest BCUT2D eigenvalue weighted by molar-refractivity contribution is 0.334. The van der Waals surface area contributed by atoms with E-state index < -0.39 is 9.84 Å². The Labute approximate surface area is 194 Å². The third-order valence-corrected chi connectivity index (χ3v) is 7.50. The van der Waals surface area contributed by atoms with Crippen LogP contribution in [0.2, 0.25) is 0 Å². The molecule has 0 atom stereocenters. The lowest BCUT2D eigenvalue weighted by atomic mass is 9.78. The molecule has 0 saturated carbocycles. The van der Waals surface area contributed by atoms with Gasteiger partial charge in [0, 0.05) is 5.41 Å². The average Bonchev–Trinajstić information content (AvgIpc) is 2.85. The van der Waals surface area contributed by atoms with Crippen molar-refractivity contribution in [3.63, 3.8) is 0 Å². The zero-order chi connectivity index (χ0) is 23.5. The zero-order valence-electron chi connectivity index (χ0n) is 18.4. The second kappa shape index (κ2) is 9.10. The minimum absolute atomic E-state index is 0.223. The van der Waals surface area contributed by atoms with E-state index in [0.717, 1.165) is 11.1 Å². The number of nitrogens with two attached hydrogens (primary N) is 1. The van der Waals surface area contributed by atoms with Crippen molar-refractivity contribution in [1.82, 2.24) is 0 Å². The molecule has 0 aliphatic carbocycles. The molecule has 0 bridgehead atoms. The third-order valence-electron chi connectivity index (χ3n) is 5.71. The predicted molar refractivity (Wildman–Crippen MR) is 128 cm³/mol. The number of ether oxygens (including phenoxy) is 1. The monoisotopic (exact) mass is 459 g/mol. The molecule has 6 heteroatoms. The van der Waals surface area contributed by atoms with Crippen molar-refractivity contribution in [2.24, 2.45) is 5.90 Å². The molecule has 2 N–H and O–H groups in total. The highest BCUT2D eigenvalue weighted by Gasteiger charge is 2.23. The van der Waals surface area contributed by atoms with E-state index in [9.17, 15) is 8.42 Å². The van der Waals surface area contributed by atoms with E-state index in [1.807, 2.05) is 48.5 Å². The van der Waals surface area contributed by atoms with Gasteiger partial charge in [-0.25, -0.2) is 8.42 Å². The van der Waals surface area contributed by atoms with Crippen LogP contribution in [0, 0.1) is 0 Å². The summed E-state index contributed by atoms with van der Waals surface area (Å²) in [6.07, 6.45) is 0. The SMILES string of the molecule is CC(C)(c1ccc(ON)cc1)c1ccc(Oc2ccc(S(=O)(=O)c3ccccc3)cc2)cc1. The Morgan fingerprint density at radius 1 is 0.606 bits per heavy atom. The summed E-state index contributed by atoms with van der Waals surface area (Å²) in [6, 6.07) is 30.4. The molecule has 0 heterocycles. The second-order valence-corrected chi connectivity index (χ2v) is 10.1. The maximum atomic E-state index is 12.7. The lowest BCUT2D eigenvalue weighted by Crippen LogP contribution is -2.18. The van der Waals surface area contributed by atoms with Crippen LogP contribution in [0.3, 0.4) is 0 Å². The van der Waals surface area contributed by atoms with E-state index in [1.54, 1.807) is 54.6 Å². The molecule has 0 unspecified atom stereocenters. The van der Waals surface area contributed by atoms with E-state index in [4.69, 9.17) is 15.5 Å². The fourth-order valence-corrected chi connectivity index (χ4v) is 4.90. The maximum absolute atomic E-state index is 12.7. The highest BCUT2D eigenvalue weighted by Crippen LogP contribution is 2.34. The maximum Gasteiger partial charge on any atom is 0.206 e. The van der Waals surface area contributed by atoms with Gasteiger partial charge in [0.25, 0.3) is 0 Å². The van der Waals surface area contributed by atoms with Crippen LogP contribution in [0.4, 0.5) is 0 Å². The van der Waals surface area contributed by atoms with Crippen molar-refractivity contribution in [2.75, 3.05) is 0 Å². The fourth-order valence-electron chi connectivity index (χ4n) is 3.62. The second-order valence-electron chi connectivity index (χ2n) is 8.18. The standard InChI is InChI=1S/C27H25NO4S/c1-27(2,21-10-14-24(32-28)15-11-21)20-8-12-22(13-9-20)31-23-16-18-26(19-17-23)33(29,30)25-6-4-3-5-7-25/h3-19H,28H2,1-2H3. The highest BCUT2D eigenvalue weighted by molar-refractivity contribution is 7.91. The molecule has 0 radical (unpaired) electrons. The molecule has 0 fully saturated rings. The molecule has 0 saturated heterocycles. The Morgan fingerprint density at radius 3 is 1.52 bits per heavy atom. The Bertz CT molecular complexity index is 1310. The smallest absolute Gasteiger partial charge is 0.206 e. The highest BCUT2D eigenvalue weighted by atomic mass is 32.2. The molecule has 33 heavy (non-hydrogen) atoms. The molecule has 0 aliphatic rings. The largest absolute Gasteiger partial charge is 0.457 e. The van der Waals surface area contributed by atoms with Gasteiger partial charge in [-0.1, -0.05) is 56.3 Å². The molecule has 0 aromatic heterocycles. The molecule has 168 valence electrons. The van der Waals surface area contributed by atoms with Gasteiger partial charge in [0.2, 0.25) is 9.84 Å². The van der Waals surface area contributed by atoms with Crippen molar-refractivity contribution >= 4 is 9.84 Å². The summed E-state index contributed by atoms with van der Waals surface area (Å²) in [5, 5.41) is 0. The summed E-state index contributed by atoms with van der Waals surface area (Å²) >= 11 is 0. The first-order chi connectivity index (χ1) is 15.8. The van der Waals surface area contributed by atoms with E-state index >= 15 is 0 Å². The van der Waals surface area contributed by atoms with Crippen LogP contribution in [0.25, 0.3) is 0 Å². The molecule has 4 aromatic carbocycles. The van der Waals surface area contributed by atoms with Crippen LogP contribution >= 0.6 is 0 Å². The summed E-state index contributed by atoms with van der Waals surface area (Å²) < 4.78 is 31.4. The fraction of sp³-hybridized carbons (Fsp3) is 0.111. The number of hydrogen-bond donors (Lipinski definition) is 1. The first-order valence-electron chi connectivity index (χ1n) is 10.5. The third kappa shape index (κ3) is 4.77. The van der Waals surface area contributed by atoms with Gasteiger partial charge in [-0.05, 0) is 71.8 Å². The predicted octanol–water partition coefficient (Wildman–Crippen LogP) is 5.89. The van der Waals surface area contributed by atoms with E-state index in [1.165, 1.54) is 0 Å². The summed E-state index contributed by atoms with van der Waals surface area (Å²) in [5.41, 5.74) is 2.03. The molecule has 4 rings (SSSR count). The Morgan fingerprint density at radius 2 is 1.03 bits per heavy atom. The van der Waals surface area contributed by atoms with Crippen LogP contribution in [-0.4, -0.2) is 8.42 Å². The number of benzene rings is 4. The van der Waals surface area contributed by atoms with Gasteiger partial charge in [0.15, 0.2) is 0 Å². The number of hydrogen-bond acceptors (Lipinski definition) is 5. The molecule has 4 aromatic rings. The Hall–Kier alpha value is -3.61. The van der Waals surface area contributed by atoms with Gasteiger partial charge in [0.05, 0.1) is 9.79 Å². The van der Waals surface area contributed by atoms with Crippen LogP contribution in [0.5, 0.6) is 17.2 Å². The minimum atomic E-state index is -3.55. The molecular formula is C27H25NO4S. The Kier molecular flexibility index (Phi) is 6.22. The first kappa shape index (κ1) is 22.6. The van der Waals surface area contributed by atoms with Crippen molar-refractivity contribution < 1.29 is 18.0 Å². The van der Waals surface area contributed by atoms with Crippen molar-refractivity contribution in [3.8, 4) is 17.2 Å². The average molecular weight is 460 g/mol. The molecule has 5 nitrogen and oxygen atoms in total. The van der Waals surface area contributed by atoms with E-state index in [0.29, 0.717) is 17.2 Å². The minimum Gasteiger partial charge on any atom is -0.457 e. The summed E-state index contributed by atoms with van der Waals surface area (Å²) in [5.74, 6) is 7.05. The van der Waals surface area contributed by atoms with Gasteiger partial charge < -0.3 is 9.57 Å². The van der Waals surface area contributed by atoms with Gasteiger partial charge in [-0.15, -0.1) is 0 Å². The normalized spacial score (nSPS) is 11.7. The topological polar surface area (TPSA) is 78.6 Å². The zero-order valence-corrected chi connectivity index (χ0v) is 19.3.